The summed E-state index contributed by atoms with van der Waals surface area (Å²) in [5.74, 6) is -1.26. The second-order valence-corrected chi connectivity index (χ2v) is 7.12. The fourth-order valence-corrected chi connectivity index (χ4v) is 2.71. The van der Waals surface area contributed by atoms with Gasteiger partial charge in [-0.05, 0) is 53.7 Å². The molecule has 0 aliphatic heterocycles. The monoisotopic (exact) mass is 412 g/mol. The molecule has 0 aliphatic carbocycles. The molecule has 5 nitrogen and oxygen atoms in total. The predicted octanol–water partition coefficient (Wildman–Crippen LogP) is 3.84. The maximum absolute atomic E-state index is 12.3. The van der Waals surface area contributed by atoms with E-state index in [4.69, 9.17) is 4.74 Å². The maximum atomic E-state index is 12.3. The predicted molar refractivity (Wildman–Crippen MR) is 101 cm³/mol. The number of halogens is 3. The normalized spacial score (nSPS) is 11.0. The molecule has 0 heterocycles. The van der Waals surface area contributed by atoms with Gasteiger partial charge in [0.25, 0.3) is 5.91 Å². The fourth-order valence-electron chi connectivity index (χ4n) is 2.17. The molecule has 1 amide bonds. The average Bonchev–Trinajstić information content (AvgIpc) is 2.64. The Morgan fingerprint density at radius 3 is 2.18 bits per heavy atom. The van der Waals surface area contributed by atoms with Crippen LogP contribution in [-0.2, 0) is 16.1 Å². The minimum atomic E-state index is -4.40. The van der Waals surface area contributed by atoms with Crippen molar-refractivity contribution in [3.05, 3.63) is 59.7 Å². The van der Waals surface area contributed by atoms with E-state index in [1.807, 2.05) is 43.3 Å². The number of nitrogens with one attached hydrogen (secondary N) is 1. The molecule has 150 valence electrons. The van der Waals surface area contributed by atoms with E-state index in [9.17, 15) is 22.8 Å². The van der Waals surface area contributed by atoms with Gasteiger partial charge in [0.05, 0.1) is 5.56 Å². The van der Waals surface area contributed by atoms with E-state index in [0.29, 0.717) is 0 Å². The molecule has 0 saturated heterocycles. The van der Waals surface area contributed by atoms with Crippen molar-refractivity contribution in [1.82, 2.24) is 5.32 Å². The standard InChI is InChI=1S/C19H19F3N2O3S/c1-24(2)15-7-3-13(4-8-15)11-23-17(25)12-27-18(26)14-5-9-16(10-6-14)28-19(20,21)22/h3-10H,11-12H2,1-2H3,(H,23,25). The first-order chi connectivity index (χ1) is 13.1. The van der Waals surface area contributed by atoms with Crippen LogP contribution in [0.2, 0.25) is 0 Å². The second-order valence-electron chi connectivity index (χ2n) is 5.99. The van der Waals surface area contributed by atoms with Crippen molar-refractivity contribution in [3.8, 4) is 0 Å². The summed E-state index contributed by atoms with van der Waals surface area (Å²) in [4.78, 5) is 25.6. The van der Waals surface area contributed by atoms with Crippen molar-refractivity contribution in [1.29, 1.82) is 0 Å². The summed E-state index contributed by atoms with van der Waals surface area (Å²) in [5, 5.41) is 2.63. The molecule has 2 rings (SSSR count). The van der Waals surface area contributed by atoms with Crippen molar-refractivity contribution in [3.63, 3.8) is 0 Å². The van der Waals surface area contributed by atoms with Gasteiger partial charge in [-0.25, -0.2) is 4.79 Å². The Hall–Kier alpha value is -2.68. The number of benzene rings is 2. The largest absolute Gasteiger partial charge is 0.452 e. The lowest BCUT2D eigenvalue weighted by molar-refractivity contribution is -0.124. The highest BCUT2D eigenvalue weighted by Crippen LogP contribution is 2.36. The van der Waals surface area contributed by atoms with E-state index in [1.54, 1.807) is 0 Å². The molecule has 2 aromatic rings. The van der Waals surface area contributed by atoms with E-state index < -0.39 is 24.0 Å². The molecule has 0 bridgehead atoms. The highest BCUT2D eigenvalue weighted by atomic mass is 32.2. The lowest BCUT2D eigenvalue weighted by atomic mass is 10.2. The summed E-state index contributed by atoms with van der Waals surface area (Å²) in [6, 6.07) is 12.4. The van der Waals surface area contributed by atoms with Crippen LogP contribution in [0.4, 0.5) is 18.9 Å². The molecular weight excluding hydrogens is 393 g/mol. The lowest BCUT2D eigenvalue weighted by Crippen LogP contribution is -2.28. The third-order valence-corrected chi connectivity index (χ3v) is 4.34. The van der Waals surface area contributed by atoms with Crippen LogP contribution in [0.25, 0.3) is 0 Å². The average molecular weight is 412 g/mol. The van der Waals surface area contributed by atoms with Crippen molar-refractivity contribution >= 4 is 29.3 Å². The number of thioether (sulfide) groups is 1. The molecule has 0 aliphatic rings. The molecular formula is C19H19F3N2O3S. The van der Waals surface area contributed by atoms with Crippen molar-refractivity contribution in [2.75, 3.05) is 25.6 Å². The molecule has 9 heteroatoms. The molecule has 0 atom stereocenters. The van der Waals surface area contributed by atoms with E-state index in [2.05, 4.69) is 5.32 Å². The number of hydrogen-bond acceptors (Lipinski definition) is 5. The number of alkyl halides is 3. The van der Waals surface area contributed by atoms with Crippen molar-refractivity contribution < 1.29 is 27.5 Å². The van der Waals surface area contributed by atoms with Crippen LogP contribution in [0.15, 0.2) is 53.4 Å². The van der Waals surface area contributed by atoms with Crippen molar-refractivity contribution in [2.45, 2.75) is 16.9 Å². The van der Waals surface area contributed by atoms with Gasteiger partial charge in [0, 0.05) is 31.2 Å². The Bertz CT molecular complexity index is 807. The summed E-state index contributed by atoms with van der Waals surface area (Å²) in [7, 11) is 3.85. The zero-order chi connectivity index (χ0) is 20.7. The highest BCUT2D eigenvalue weighted by molar-refractivity contribution is 8.00. The smallest absolute Gasteiger partial charge is 0.446 e. The first kappa shape index (κ1) is 21.6. The molecule has 0 unspecified atom stereocenters. The number of hydrogen-bond donors (Lipinski definition) is 1. The van der Waals surface area contributed by atoms with Crippen LogP contribution >= 0.6 is 11.8 Å². The third kappa shape index (κ3) is 7.15. The topological polar surface area (TPSA) is 58.6 Å². The minimum Gasteiger partial charge on any atom is -0.452 e. The number of ether oxygens (including phenoxy) is 1. The third-order valence-electron chi connectivity index (χ3n) is 3.60. The van der Waals surface area contributed by atoms with Crippen LogP contribution < -0.4 is 10.2 Å². The first-order valence-electron chi connectivity index (χ1n) is 8.20. The molecule has 2 aromatic carbocycles. The Morgan fingerprint density at radius 1 is 1.04 bits per heavy atom. The quantitative estimate of drug-likeness (QED) is 0.553. The zero-order valence-corrected chi connectivity index (χ0v) is 16.1. The second kappa shape index (κ2) is 9.50. The number of nitrogens with zero attached hydrogens (tertiary/aromatic N) is 1. The Balaban J connectivity index is 1.78. The van der Waals surface area contributed by atoms with E-state index in [1.165, 1.54) is 24.3 Å². The summed E-state index contributed by atoms with van der Waals surface area (Å²) in [6.07, 6.45) is 0. The molecule has 0 radical (unpaired) electrons. The van der Waals surface area contributed by atoms with E-state index >= 15 is 0 Å². The molecule has 0 spiro atoms. The number of anilines is 1. The zero-order valence-electron chi connectivity index (χ0n) is 15.2. The van der Waals surface area contributed by atoms with Gasteiger partial charge in [-0.15, -0.1) is 0 Å². The van der Waals surface area contributed by atoms with Gasteiger partial charge in [-0.3, -0.25) is 4.79 Å². The van der Waals surface area contributed by atoms with Gasteiger partial charge in [0.1, 0.15) is 0 Å². The van der Waals surface area contributed by atoms with Crippen LogP contribution in [-0.4, -0.2) is 38.1 Å². The summed E-state index contributed by atoms with van der Waals surface area (Å²) in [5.41, 5.74) is -2.40. The summed E-state index contributed by atoms with van der Waals surface area (Å²) >= 11 is -0.273. The summed E-state index contributed by atoms with van der Waals surface area (Å²) < 4.78 is 41.7. The minimum absolute atomic E-state index is 0.0397. The molecule has 0 fully saturated rings. The van der Waals surface area contributed by atoms with E-state index in [0.717, 1.165) is 11.3 Å². The Morgan fingerprint density at radius 2 is 1.64 bits per heavy atom. The van der Waals surface area contributed by atoms with Crippen LogP contribution in [0, 0.1) is 0 Å². The van der Waals surface area contributed by atoms with Crippen LogP contribution in [0.3, 0.4) is 0 Å². The van der Waals surface area contributed by atoms with Crippen LogP contribution in [0.5, 0.6) is 0 Å². The van der Waals surface area contributed by atoms with Gasteiger partial charge in [-0.2, -0.15) is 13.2 Å². The maximum Gasteiger partial charge on any atom is 0.446 e. The van der Waals surface area contributed by atoms with Gasteiger partial charge < -0.3 is 15.0 Å². The van der Waals surface area contributed by atoms with Crippen molar-refractivity contribution in [2.24, 2.45) is 0 Å². The van der Waals surface area contributed by atoms with Gasteiger partial charge in [0.15, 0.2) is 6.61 Å². The SMILES string of the molecule is CN(C)c1ccc(CNC(=O)COC(=O)c2ccc(SC(F)(F)F)cc2)cc1. The fraction of sp³-hybridized carbons (Fsp3) is 0.263. The number of carbonyl (C=O) groups excluding carboxylic acids is 2. The highest BCUT2D eigenvalue weighted by Gasteiger charge is 2.29. The number of esters is 1. The summed E-state index contributed by atoms with van der Waals surface area (Å²) in [6.45, 7) is -0.193. The Labute approximate surface area is 164 Å². The molecule has 28 heavy (non-hydrogen) atoms. The number of carbonyl (C=O) groups is 2. The molecule has 0 saturated carbocycles. The van der Waals surface area contributed by atoms with Crippen LogP contribution in [0.1, 0.15) is 15.9 Å². The lowest BCUT2D eigenvalue weighted by Gasteiger charge is -2.13. The van der Waals surface area contributed by atoms with Gasteiger partial charge >= 0.3 is 11.5 Å². The number of amides is 1. The first-order valence-corrected chi connectivity index (χ1v) is 9.01. The van der Waals surface area contributed by atoms with Gasteiger partial charge in [-0.1, -0.05) is 12.1 Å². The Kier molecular flexibility index (Phi) is 7.33. The van der Waals surface area contributed by atoms with E-state index in [-0.39, 0.29) is 28.8 Å². The molecule has 0 aromatic heterocycles. The number of rotatable bonds is 7. The van der Waals surface area contributed by atoms with Gasteiger partial charge in [0.2, 0.25) is 0 Å². The molecule has 1 N–H and O–H groups in total.